The van der Waals surface area contributed by atoms with Crippen LogP contribution in [0.1, 0.15) is 28.5 Å². The predicted molar refractivity (Wildman–Crippen MR) is 150 cm³/mol. The topological polar surface area (TPSA) is 125 Å². The van der Waals surface area contributed by atoms with Crippen molar-refractivity contribution in [3.05, 3.63) is 100 Å². The Balaban J connectivity index is 0.000000216. The highest BCUT2D eigenvalue weighted by Gasteiger charge is 2.15. The summed E-state index contributed by atoms with van der Waals surface area (Å²) in [4.78, 5) is 30.2. The zero-order valence-electron chi connectivity index (χ0n) is 21.5. The summed E-state index contributed by atoms with van der Waals surface area (Å²) >= 11 is 0. The Kier molecular flexibility index (Phi) is 7.85. The van der Waals surface area contributed by atoms with E-state index in [1.54, 1.807) is 23.0 Å². The fourth-order valence-corrected chi connectivity index (χ4v) is 4.07. The van der Waals surface area contributed by atoms with Gasteiger partial charge in [0.25, 0.3) is 11.5 Å². The zero-order chi connectivity index (χ0) is 27.2. The number of primary amides is 1. The van der Waals surface area contributed by atoms with E-state index in [-0.39, 0.29) is 16.9 Å². The van der Waals surface area contributed by atoms with Crippen molar-refractivity contribution in [3.8, 4) is 17.5 Å². The molecular weight excluding hydrogens is 478 g/mol. The zero-order valence-corrected chi connectivity index (χ0v) is 21.5. The van der Waals surface area contributed by atoms with Gasteiger partial charge in [0.2, 0.25) is 0 Å². The van der Waals surface area contributed by atoms with Crippen molar-refractivity contribution in [1.29, 1.82) is 0 Å². The molecule has 9 nitrogen and oxygen atoms in total. The lowest BCUT2D eigenvalue weighted by Gasteiger charge is -2.14. The van der Waals surface area contributed by atoms with Gasteiger partial charge < -0.3 is 11.5 Å². The number of benzene rings is 2. The highest BCUT2D eigenvalue weighted by Crippen LogP contribution is 2.19. The number of para-hydroxylation sites is 1. The van der Waals surface area contributed by atoms with Gasteiger partial charge in [-0.2, -0.15) is 0 Å². The first-order chi connectivity index (χ1) is 18.3. The molecule has 2 aromatic carbocycles. The summed E-state index contributed by atoms with van der Waals surface area (Å²) in [7, 11) is 3.96. The van der Waals surface area contributed by atoms with Gasteiger partial charge in [0.15, 0.2) is 11.5 Å². The number of hydrogen-bond donors (Lipinski definition) is 2. The van der Waals surface area contributed by atoms with Crippen LogP contribution in [0.3, 0.4) is 0 Å². The third-order valence-corrected chi connectivity index (χ3v) is 5.79. The van der Waals surface area contributed by atoms with Gasteiger partial charge in [-0.3, -0.25) is 19.1 Å². The second-order valence-corrected chi connectivity index (χ2v) is 8.79. The molecule has 5 rings (SSSR count). The van der Waals surface area contributed by atoms with Crippen LogP contribution in [-0.2, 0) is 6.42 Å². The highest BCUT2D eigenvalue weighted by molar-refractivity contribution is 6.03. The summed E-state index contributed by atoms with van der Waals surface area (Å²) in [6, 6.07) is 19.5. The molecule has 0 aliphatic heterocycles. The number of carbonyl (C=O) groups is 1. The molecular formula is C29H29N7O2. The number of carbonyl (C=O) groups excluding carboxylic acids is 1. The van der Waals surface area contributed by atoms with Crippen molar-refractivity contribution in [2.45, 2.75) is 13.3 Å². The normalized spacial score (nSPS) is 10.6. The molecule has 38 heavy (non-hydrogen) atoms. The Hall–Kier alpha value is -4.94. The third-order valence-electron chi connectivity index (χ3n) is 5.79. The molecule has 0 aliphatic rings. The maximum absolute atomic E-state index is 13.3. The van der Waals surface area contributed by atoms with Crippen molar-refractivity contribution in [2.75, 3.05) is 26.4 Å². The van der Waals surface area contributed by atoms with Crippen LogP contribution in [0.5, 0.6) is 0 Å². The monoisotopic (exact) mass is 507 g/mol. The quantitative estimate of drug-likeness (QED) is 0.361. The number of aromatic nitrogens is 4. The number of rotatable bonds is 4. The van der Waals surface area contributed by atoms with Gasteiger partial charge in [-0.1, -0.05) is 49.1 Å². The fraction of sp³-hybridized carbons (Fsp3) is 0.172. The Labute approximate surface area is 220 Å². The number of aryl methyl sites for hydroxylation is 1. The fourth-order valence-electron chi connectivity index (χ4n) is 4.07. The van der Waals surface area contributed by atoms with Gasteiger partial charge in [0.05, 0.1) is 11.9 Å². The van der Waals surface area contributed by atoms with Crippen molar-refractivity contribution < 1.29 is 4.79 Å². The van der Waals surface area contributed by atoms with E-state index in [2.05, 4.69) is 34.9 Å². The summed E-state index contributed by atoms with van der Waals surface area (Å²) in [5.41, 5.74) is 13.8. The summed E-state index contributed by atoms with van der Waals surface area (Å²) in [6.45, 7) is 2.73. The Morgan fingerprint density at radius 2 is 1.84 bits per heavy atom. The number of amides is 1. The maximum Gasteiger partial charge on any atom is 0.264 e. The average Bonchev–Trinajstić information content (AvgIpc) is 3.25. The van der Waals surface area contributed by atoms with Crippen molar-refractivity contribution in [1.82, 2.24) is 24.1 Å². The van der Waals surface area contributed by atoms with Crippen LogP contribution < -0.4 is 17.0 Å². The van der Waals surface area contributed by atoms with Crippen molar-refractivity contribution in [3.63, 3.8) is 0 Å². The van der Waals surface area contributed by atoms with Gasteiger partial charge in [-0.15, -0.1) is 5.10 Å². The first-order valence-electron chi connectivity index (χ1n) is 12.1. The molecule has 0 fully saturated rings. The molecule has 0 radical (unpaired) electrons. The number of hydrogen-bond acceptors (Lipinski definition) is 6. The molecule has 192 valence electrons. The van der Waals surface area contributed by atoms with Gasteiger partial charge in [0.1, 0.15) is 5.56 Å². The van der Waals surface area contributed by atoms with Crippen molar-refractivity contribution in [2.24, 2.45) is 5.73 Å². The van der Waals surface area contributed by atoms with E-state index >= 15 is 0 Å². The largest absolute Gasteiger partial charge is 0.381 e. The molecule has 1 amide bonds. The highest BCUT2D eigenvalue weighted by atomic mass is 16.1. The van der Waals surface area contributed by atoms with Crippen LogP contribution in [0, 0.1) is 11.8 Å². The lowest BCUT2D eigenvalue weighted by Crippen LogP contribution is -2.22. The molecule has 4 N–H and O–H groups in total. The lowest BCUT2D eigenvalue weighted by atomic mass is 10.0. The predicted octanol–water partition coefficient (Wildman–Crippen LogP) is 2.88. The molecule has 0 saturated carbocycles. The first-order valence-corrected chi connectivity index (χ1v) is 12.1. The van der Waals surface area contributed by atoms with Crippen LogP contribution in [0.15, 0.2) is 77.9 Å². The van der Waals surface area contributed by atoms with E-state index in [9.17, 15) is 9.59 Å². The van der Waals surface area contributed by atoms with E-state index in [0.717, 1.165) is 28.8 Å². The number of nitrogens with two attached hydrogens (primary N) is 2. The summed E-state index contributed by atoms with van der Waals surface area (Å²) in [6.07, 6.45) is 3.98. The minimum absolute atomic E-state index is 0.00435. The smallest absolute Gasteiger partial charge is 0.264 e. The summed E-state index contributed by atoms with van der Waals surface area (Å²) in [5.74, 6) is 5.79. The van der Waals surface area contributed by atoms with E-state index in [1.165, 1.54) is 4.52 Å². The number of fused-ring (bicyclic) bond motifs is 2. The van der Waals surface area contributed by atoms with Gasteiger partial charge in [0, 0.05) is 29.3 Å². The minimum Gasteiger partial charge on any atom is -0.381 e. The van der Waals surface area contributed by atoms with E-state index in [1.807, 2.05) is 67.5 Å². The average molecular weight is 508 g/mol. The Bertz CT molecular complexity index is 1730. The second-order valence-electron chi connectivity index (χ2n) is 8.79. The molecule has 0 unspecified atom stereocenters. The molecule has 5 aromatic rings. The van der Waals surface area contributed by atoms with E-state index in [0.29, 0.717) is 17.6 Å². The molecule has 3 heterocycles. The summed E-state index contributed by atoms with van der Waals surface area (Å²) in [5, 5.41) is 5.50. The number of nitrogen functional groups attached to an aromatic ring is 1. The molecule has 0 spiro atoms. The van der Waals surface area contributed by atoms with Gasteiger partial charge >= 0.3 is 0 Å². The summed E-state index contributed by atoms with van der Waals surface area (Å²) < 4.78 is 3.22. The van der Waals surface area contributed by atoms with Crippen LogP contribution >= 0.6 is 0 Å². The van der Waals surface area contributed by atoms with Gasteiger partial charge in [-0.25, -0.2) is 9.50 Å². The molecule has 0 bridgehead atoms. The number of anilines is 1. The molecule has 3 aromatic heterocycles. The van der Waals surface area contributed by atoms with E-state index in [4.69, 9.17) is 11.5 Å². The molecule has 0 saturated heterocycles. The van der Waals surface area contributed by atoms with Gasteiger partial charge in [-0.05, 0) is 56.2 Å². The Morgan fingerprint density at radius 3 is 2.53 bits per heavy atom. The minimum atomic E-state index is -0.619. The molecule has 0 aliphatic carbocycles. The maximum atomic E-state index is 13.3. The first kappa shape index (κ1) is 26.1. The van der Waals surface area contributed by atoms with Crippen LogP contribution in [0.25, 0.3) is 22.1 Å². The Morgan fingerprint density at radius 1 is 1.08 bits per heavy atom. The lowest BCUT2D eigenvalue weighted by molar-refractivity contribution is 0.100. The van der Waals surface area contributed by atoms with Crippen LogP contribution in [0.4, 0.5) is 5.82 Å². The standard InChI is InChI=1S/C22H22N2O.C7H7N5O/c1-4-19-16-18-11-8-10-17(12-9-15-23(2)3)21(18)22(25)24(19)20-13-6-5-7-14-20;8-5-4(6(9)13)7-10-2-1-3-12(7)11-5/h5-8,10-11,13-14,16H,4,15H2,1-3H3;1-3H,(H2,8,11)(H2,9,13). The van der Waals surface area contributed by atoms with E-state index < -0.39 is 5.91 Å². The van der Waals surface area contributed by atoms with Crippen LogP contribution in [0.2, 0.25) is 0 Å². The SMILES string of the molecule is CCc1cc2cccc(C#CCN(C)C)c2c(=O)n1-c1ccccc1.NC(=O)c1c(N)nn2cccnc12. The number of nitrogens with zero attached hydrogens (tertiary/aromatic N) is 5. The second kappa shape index (κ2) is 11.4. The van der Waals surface area contributed by atoms with Crippen LogP contribution in [-0.4, -0.2) is 50.6 Å². The van der Waals surface area contributed by atoms with Crippen molar-refractivity contribution >= 4 is 28.1 Å². The molecule has 9 heteroatoms. The molecule has 0 atom stereocenters. The third kappa shape index (κ3) is 5.40. The number of pyridine rings is 1.